The van der Waals surface area contributed by atoms with E-state index in [1.54, 1.807) is 11.8 Å². The second-order valence-electron chi connectivity index (χ2n) is 1.78. The molecule has 0 atom stereocenters. The van der Waals surface area contributed by atoms with Crippen molar-refractivity contribution in [2.45, 2.75) is 5.03 Å². The Balaban J connectivity index is 2.54. The van der Waals surface area contributed by atoms with Crippen LogP contribution in [0.25, 0.3) is 6.08 Å². The summed E-state index contributed by atoms with van der Waals surface area (Å²) in [7, 11) is 0. The van der Waals surface area contributed by atoms with Gasteiger partial charge in [-0.05, 0) is 16.5 Å². The topological polar surface area (TPSA) is 51.6 Å². The Labute approximate surface area is 61.7 Å². The molecule has 0 saturated heterocycles. The monoisotopic (exact) mass is 152 g/mol. The molecule has 1 aliphatic heterocycles. The molecule has 0 N–H and O–H groups in total. The van der Waals surface area contributed by atoms with E-state index >= 15 is 0 Å². The van der Waals surface area contributed by atoms with Crippen molar-refractivity contribution in [3.05, 3.63) is 11.8 Å². The molecule has 0 aromatic carbocycles. The van der Waals surface area contributed by atoms with Gasteiger partial charge in [0.25, 0.3) is 0 Å². The van der Waals surface area contributed by atoms with Gasteiger partial charge in [0.05, 0.1) is 0 Å². The SMILES string of the molecule is C1=Cc2nnnnc2SC1. The van der Waals surface area contributed by atoms with E-state index in [-0.39, 0.29) is 0 Å². The number of fused-ring (bicyclic) bond motifs is 1. The number of hydrogen-bond acceptors (Lipinski definition) is 5. The van der Waals surface area contributed by atoms with E-state index in [0.29, 0.717) is 0 Å². The Kier molecular flexibility index (Phi) is 1.35. The summed E-state index contributed by atoms with van der Waals surface area (Å²) in [5.74, 6) is 0.952. The lowest BCUT2D eigenvalue weighted by Crippen LogP contribution is -2.00. The Hall–Kier alpha value is -0.970. The zero-order chi connectivity index (χ0) is 6.81. The maximum absolute atomic E-state index is 3.81. The van der Waals surface area contributed by atoms with Crippen LogP contribution < -0.4 is 0 Å². The minimum atomic E-state index is 0.825. The summed E-state index contributed by atoms with van der Waals surface area (Å²) >= 11 is 1.63. The second kappa shape index (κ2) is 2.34. The van der Waals surface area contributed by atoms with Gasteiger partial charge in [0.15, 0.2) is 0 Å². The van der Waals surface area contributed by atoms with Gasteiger partial charge in [-0.15, -0.1) is 10.2 Å². The molecule has 0 spiro atoms. The summed E-state index contributed by atoms with van der Waals surface area (Å²) in [6.07, 6.45) is 3.94. The molecular formula is C5H4N4S. The van der Waals surface area contributed by atoms with Crippen LogP contribution in [0.1, 0.15) is 5.69 Å². The summed E-state index contributed by atoms with van der Waals surface area (Å²) in [6.45, 7) is 0. The molecule has 0 bridgehead atoms. The van der Waals surface area contributed by atoms with Crippen molar-refractivity contribution in [3.8, 4) is 0 Å². The van der Waals surface area contributed by atoms with Crippen LogP contribution in [0, 0.1) is 0 Å². The molecule has 0 fully saturated rings. The fourth-order valence-electron chi connectivity index (χ4n) is 0.717. The molecule has 50 valence electrons. The van der Waals surface area contributed by atoms with Crippen LogP contribution in [-0.2, 0) is 0 Å². The Bertz CT molecular complexity index is 272. The van der Waals surface area contributed by atoms with Crippen molar-refractivity contribution >= 4 is 17.8 Å². The molecule has 10 heavy (non-hydrogen) atoms. The smallest absolute Gasteiger partial charge is 0.126 e. The highest BCUT2D eigenvalue weighted by molar-refractivity contribution is 7.99. The number of thioether (sulfide) groups is 1. The van der Waals surface area contributed by atoms with E-state index in [9.17, 15) is 0 Å². The molecule has 4 nitrogen and oxygen atoms in total. The van der Waals surface area contributed by atoms with Gasteiger partial charge in [-0.1, -0.05) is 17.8 Å². The summed E-state index contributed by atoms with van der Waals surface area (Å²) in [6, 6.07) is 0. The highest BCUT2D eigenvalue weighted by Gasteiger charge is 2.06. The Morgan fingerprint density at radius 2 is 2.20 bits per heavy atom. The number of nitrogens with zero attached hydrogens (tertiary/aromatic N) is 4. The largest absolute Gasteiger partial charge is 0.149 e. The third-order valence-corrected chi connectivity index (χ3v) is 2.06. The van der Waals surface area contributed by atoms with E-state index in [1.165, 1.54) is 0 Å². The van der Waals surface area contributed by atoms with Crippen molar-refractivity contribution in [1.29, 1.82) is 0 Å². The van der Waals surface area contributed by atoms with E-state index < -0.39 is 0 Å². The Morgan fingerprint density at radius 3 is 3.10 bits per heavy atom. The summed E-state index contributed by atoms with van der Waals surface area (Å²) in [5.41, 5.74) is 0.825. The van der Waals surface area contributed by atoms with Gasteiger partial charge in [-0.3, -0.25) is 0 Å². The molecule has 2 heterocycles. The van der Waals surface area contributed by atoms with Crippen molar-refractivity contribution in [2.24, 2.45) is 0 Å². The van der Waals surface area contributed by atoms with Crippen LogP contribution in [0.5, 0.6) is 0 Å². The molecular weight excluding hydrogens is 148 g/mol. The average molecular weight is 152 g/mol. The maximum atomic E-state index is 3.81. The zero-order valence-corrected chi connectivity index (χ0v) is 5.88. The van der Waals surface area contributed by atoms with E-state index in [0.717, 1.165) is 16.5 Å². The first-order chi connectivity index (χ1) is 4.97. The van der Waals surface area contributed by atoms with E-state index in [1.807, 2.05) is 12.2 Å². The quantitative estimate of drug-likeness (QED) is 0.538. The van der Waals surface area contributed by atoms with Gasteiger partial charge < -0.3 is 0 Å². The molecule has 0 amide bonds. The third-order valence-electron chi connectivity index (χ3n) is 1.14. The predicted molar refractivity (Wildman–Crippen MR) is 37.4 cm³/mol. The molecule has 0 saturated carbocycles. The number of aromatic nitrogens is 4. The molecule has 1 aromatic rings. The fourth-order valence-corrected chi connectivity index (χ4v) is 1.42. The standard InChI is InChI=1S/C5H4N4S/c1-2-4-5(10-3-1)7-9-8-6-4/h1-2H,3H2. The first-order valence-electron chi connectivity index (χ1n) is 2.82. The minimum absolute atomic E-state index is 0.825. The number of rotatable bonds is 0. The van der Waals surface area contributed by atoms with Crippen LogP contribution in [0.4, 0.5) is 0 Å². The lowest BCUT2D eigenvalue weighted by atomic mass is 10.4. The number of hydrogen-bond donors (Lipinski definition) is 0. The lowest BCUT2D eigenvalue weighted by Gasteiger charge is -2.02. The van der Waals surface area contributed by atoms with Gasteiger partial charge in [0, 0.05) is 5.75 Å². The van der Waals surface area contributed by atoms with Gasteiger partial charge in [0.1, 0.15) is 10.7 Å². The highest BCUT2D eigenvalue weighted by Crippen LogP contribution is 2.22. The molecule has 1 aliphatic rings. The zero-order valence-electron chi connectivity index (χ0n) is 5.06. The normalized spacial score (nSPS) is 14.8. The van der Waals surface area contributed by atoms with Crippen molar-refractivity contribution in [3.63, 3.8) is 0 Å². The molecule has 0 radical (unpaired) electrons. The van der Waals surface area contributed by atoms with E-state index in [4.69, 9.17) is 0 Å². The van der Waals surface area contributed by atoms with E-state index in [2.05, 4.69) is 20.6 Å². The first kappa shape index (κ1) is 5.79. The first-order valence-corrected chi connectivity index (χ1v) is 3.81. The van der Waals surface area contributed by atoms with Crippen molar-refractivity contribution in [1.82, 2.24) is 20.6 Å². The molecule has 0 unspecified atom stereocenters. The Morgan fingerprint density at radius 1 is 1.30 bits per heavy atom. The molecule has 0 aliphatic carbocycles. The van der Waals surface area contributed by atoms with Gasteiger partial charge in [-0.25, -0.2) is 0 Å². The predicted octanol–water partition coefficient (Wildman–Crippen LogP) is 0.385. The summed E-state index contributed by atoms with van der Waals surface area (Å²) in [4.78, 5) is 0. The maximum Gasteiger partial charge on any atom is 0.149 e. The van der Waals surface area contributed by atoms with Crippen LogP contribution >= 0.6 is 11.8 Å². The summed E-state index contributed by atoms with van der Waals surface area (Å²) in [5, 5.41) is 15.3. The van der Waals surface area contributed by atoms with Crippen molar-refractivity contribution < 1.29 is 0 Å². The minimum Gasteiger partial charge on any atom is -0.126 e. The van der Waals surface area contributed by atoms with Gasteiger partial charge in [0.2, 0.25) is 0 Å². The second-order valence-corrected chi connectivity index (χ2v) is 2.79. The van der Waals surface area contributed by atoms with Crippen LogP contribution in [0.15, 0.2) is 11.1 Å². The van der Waals surface area contributed by atoms with Crippen molar-refractivity contribution in [2.75, 3.05) is 5.75 Å². The third kappa shape index (κ3) is 0.881. The van der Waals surface area contributed by atoms with Gasteiger partial charge in [-0.2, -0.15) is 0 Å². The molecule has 1 aromatic heterocycles. The fraction of sp³-hybridized carbons (Fsp3) is 0.200. The molecule has 5 heteroatoms. The van der Waals surface area contributed by atoms with Crippen LogP contribution in [0.2, 0.25) is 0 Å². The molecule has 2 rings (SSSR count). The lowest BCUT2D eigenvalue weighted by molar-refractivity contribution is 0.705. The van der Waals surface area contributed by atoms with Gasteiger partial charge >= 0.3 is 0 Å². The summed E-state index contributed by atoms with van der Waals surface area (Å²) < 4.78 is 0. The van der Waals surface area contributed by atoms with Crippen LogP contribution in [-0.4, -0.2) is 26.4 Å². The highest BCUT2D eigenvalue weighted by atomic mass is 32.2. The van der Waals surface area contributed by atoms with Crippen LogP contribution in [0.3, 0.4) is 0 Å². The average Bonchev–Trinajstić information content (AvgIpc) is 2.05.